The Morgan fingerprint density at radius 3 is 3.00 bits per heavy atom. The SMILES string of the molecule is CCC1CS(=O)CC(c2cc(Br)ccc2F)N1. The molecule has 2 rings (SSSR count). The average Bonchev–Trinajstić information content (AvgIpc) is 2.31. The lowest BCUT2D eigenvalue weighted by atomic mass is 10.1. The molecular weight excluding hydrogens is 305 g/mol. The first-order valence-electron chi connectivity index (χ1n) is 5.66. The van der Waals surface area contributed by atoms with Gasteiger partial charge in [-0.15, -0.1) is 0 Å². The largest absolute Gasteiger partial charge is 0.305 e. The molecule has 1 saturated heterocycles. The van der Waals surface area contributed by atoms with Crippen molar-refractivity contribution >= 4 is 26.7 Å². The number of nitrogens with one attached hydrogen (secondary N) is 1. The van der Waals surface area contributed by atoms with Gasteiger partial charge in [-0.3, -0.25) is 4.21 Å². The van der Waals surface area contributed by atoms with Crippen LogP contribution >= 0.6 is 15.9 Å². The summed E-state index contributed by atoms with van der Waals surface area (Å²) in [5.74, 6) is 0.923. The van der Waals surface area contributed by atoms with Crippen LogP contribution in [0, 0.1) is 5.82 Å². The Bertz CT molecular complexity index is 441. The molecule has 0 spiro atoms. The van der Waals surface area contributed by atoms with Crippen molar-refractivity contribution in [2.45, 2.75) is 25.4 Å². The Hall–Kier alpha value is -0.260. The van der Waals surface area contributed by atoms with E-state index in [2.05, 4.69) is 28.2 Å². The molecule has 1 heterocycles. The van der Waals surface area contributed by atoms with Gasteiger partial charge in [0.05, 0.1) is 0 Å². The minimum Gasteiger partial charge on any atom is -0.305 e. The zero-order valence-electron chi connectivity index (χ0n) is 9.58. The lowest BCUT2D eigenvalue weighted by molar-refractivity contribution is 0.442. The summed E-state index contributed by atoms with van der Waals surface area (Å²) in [5.41, 5.74) is 0.603. The normalized spacial score (nSPS) is 29.2. The molecule has 0 saturated carbocycles. The zero-order valence-corrected chi connectivity index (χ0v) is 12.0. The lowest BCUT2D eigenvalue weighted by Crippen LogP contribution is -2.44. The summed E-state index contributed by atoms with van der Waals surface area (Å²) in [4.78, 5) is 0. The minimum absolute atomic E-state index is 0.146. The maximum atomic E-state index is 13.8. The van der Waals surface area contributed by atoms with Crippen molar-refractivity contribution in [3.63, 3.8) is 0 Å². The molecule has 1 fully saturated rings. The third kappa shape index (κ3) is 3.14. The van der Waals surface area contributed by atoms with Crippen LogP contribution in [0.25, 0.3) is 0 Å². The van der Waals surface area contributed by atoms with Crippen molar-refractivity contribution in [3.05, 3.63) is 34.1 Å². The number of rotatable bonds is 2. The van der Waals surface area contributed by atoms with Gasteiger partial charge in [0.25, 0.3) is 0 Å². The Morgan fingerprint density at radius 2 is 2.29 bits per heavy atom. The van der Waals surface area contributed by atoms with E-state index in [1.165, 1.54) is 6.07 Å². The van der Waals surface area contributed by atoms with Gasteiger partial charge in [-0.2, -0.15) is 0 Å². The molecule has 2 nitrogen and oxygen atoms in total. The third-order valence-electron chi connectivity index (χ3n) is 3.00. The molecule has 1 N–H and O–H groups in total. The van der Waals surface area contributed by atoms with Crippen LogP contribution in [0.4, 0.5) is 4.39 Å². The van der Waals surface area contributed by atoms with Gasteiger partial charge in [0, 0.05) is 44.4 Å². The molecule has 0 bridgehead atoms. The molecule has 1 aromatic rings. The molecule has 3 atom stereocenters. The average molecular weight is 320 g/mol. The van der Waals surface area contributed by atoms with Gasteiger partial charge in [0.2, 0.25) is 0 Å². The van der Waals surface area contributed by atoms with Crippen LogP contribution in [0.1, 0.15) is 24.9 Å². The Kier molecular flexibility index (Phi) is 4.33. The summed E-state index contributed by atoms with van der Waals surface area (Å²) in [5, 5.41) is 3.36. The number of hydrogen-bond acceptors (Lipinski definition) is 2. The van der Waals surface area contributed by atoms with Crippen molar-refractivity contribution in [1.29, 1.82) is 0 Å². The van der Waals surface area contributed by atoms with Crippen LogP contribution in [0.5, 0.6) is 0 Å². The molecule has 0 aromatic heterocycles. The van der Waals surface area contributed by atoms with Crippen molar-refractivity contribution in [3.8, 4) is 0 Å². The van der Waals surface area contributed by atoms with Crippen LogP contribution in [0.15, 0.2) is 22.7 Å². The molecule has 1 aliphatic rings. The number of halogens is 2. The molecule has 17 heavy (non-hydrogen) atoms. The lowest BCUT2D eigenvalue weighted by Gasteiger charge is -2.30. The summed E-state index contributed by atoms with van der Waals surface area (Å²) in [7, 11) is -0.860. The van der Waals surface area contributed by atoms with E-state index < -0.39 is 10.8 Å². The highest BCUT2D eigenvalue weighted by Crippen LogP contribution is 2.25. The smallest absolute Gasteiger partial charge is 0.128 e. The van der Waals surface area contributed by atoms with Gasteiger partial charge >= 0.3 is 0 Å². The molecule has 1 aliphatic heterocycles. The van der Waals surface area contributed by atoms with Crippen LogP contribution < -0.4 is 5.32 Å². The fourth-order valence-corrected chi connectivity index (χ4v) is 4.00. The molecule has 1 aromatic carbocycles. The maximum absolute atomic E-state index is 13.8. The first kappa shape index (κ1) is 13.2. The monoisotopic (exact) mass is 319 g/mol. The second-order valence-electron chi connectivity index (χ2n) is 4.26. The van der Waals surface area contributed by atoms with E-state index in [9.17, 15) is 8.60 Å². The van der Waals surface area contributed by atoms with E-state index in [0.717, 1.165) is 10.9 Å². The summed E-state index contributed by atoms with van der Waals surface area (Å²) in [6, 6.07) is 4.96. The van der Waals surface area contributed by atoms with Crippen molar-refractivity contribution in [1.82, 2.24) is 5.32 Å². The van der Waals surface area contributed by atoms with Crippen LogP contribution in [-0.2, 0) is 10.8 Å². The highest BCUT2D eigenvalue weighted by Gasteiger charge is 2.27. The van der Waals surface area contributed by atoms with Crippen molar-refractivity contribution in [2.75, 3.05) is 11.5 Å². The van der Waals surface area contributed by atoms with Gasteiger partial charge in [0.15, 0.2) is 0 Å². The Morgan fingerprint density at radius 1 is 1.53 bits per heavy atom. The summed E-state index contributed by atoms with van der Waals surface area (Å²) < 4.78 is 26.3. The van der Waals surface area contributed by atoms with E-state index >= 15 is 0 Å². The molecular formula is C12H15BrFNOS. The second kappa shape index (κ2) is 5.59. The molecule has 0 radical (unpaired) electrons. The zero-order chi connectivity index (χ0) is 12.4. The van der Waals surface area contributed by atoms with E-state index in [4.69, 9.17) is 0 Å². The van der Waals surface area contributed by atoms with Gasteiger partial charge in [-0.25, -0.2) is 4.39 Å². The molecule has 3 unspecified atom stereocenters. The van der Waals surface area contributed by atoms with Crippen LogP contribution in [0.3, 0.4) is 0 Å². The van der Waals surface area contributed by atoms with Gasteiger partial charge in [-0.05, 0) is 24.6 Å². The van der Waals surface area contributed by atoms with E-state index in [0.29, 0.717) is 17.1 Å². The minimum atomic E-state index is -0.860. The predicted molar refractivity (Wildman–Crippen MR) is 71.9 cm³/mol. The van der Waals surface area contributed by atoms with Gasteiger partial charge in [0.1, 0.15) is 5.82 Å². The summed E-state index contributed by atoms with van der Waals surface area (Å²) in [6.45, 7) is 2.05. The molecule has 5 heteroatoms. The highest BCUT2D eigenvalue weighted by atomic mass is 79.9. The molecule has 0 amide bonds. The van der Waals surface area contributed by atoms with Crippen molar-refractivity contribution in [2.24, 2.45) is 0 Å². The fourth-order valence-electron chi connectivity index (χ4n) is 2.06. The Labute approximate surface area is 112 Å². The summed E-state index contributed by atoms with van der Waals surface area (Å²) in [6.07, 6.45) is 0.915. The quantitative estimate of drug-likeness (QED) is 0.908. The third-order valence-corrected chi connectivity index (χ3v) is 4.98. The second-order valence-corrected chi connectivity index (χ2v) is 6.73. The molecule has 94 valence electrons. The standard InChI is InChI=1S/C12H15BrFNOS/c1-2-9-6-17(16)7-12(15-9)10-5-8(13)3-4-11(10)14/h3-5,9,12,15H,2,6-7H2,1H3. The van der Waals surface area contributed by atoms with E-state index in [1.54, 1.807) is 12.1 Å². The van der Waals surface area contributed by atoms with E-state index in [-0.39, 0.29) is 17.9 Å². The first-order chi connectivity index (χ1) is 8.10. The highest BCUT2D eigenvalue weighted by molar-refractivity contribution is 9.10. The summed E-state index contributed by atoms with van der Waals surface area (Å²) >= 11 is 3.34. The van der Waals surface area contributed by atoms with E-state index in [1.807, 2.05) is 0 Å². The topological polar surface area (TPSA) is 29.1 Å². The van der Waals surface area contributed by atoms with Crippen LogP contribution in [-0.4, -0.2) is 21.8 Å². The van der Waals surface area contributed by atoms with Crippen LogP contribution in [0.2, 0.25) is 0 Å². The first-order valence-corrected chi connectivity index (χ1v) is 7.94. The fraction of sp³-hybridized carbons (Fsp3) is 0.500. The predicted octanol–water partition coefficient (Wildman–Crippen LogP) is 2.76. The number of benzene rings is 1. The van der Waals surface area contributed by atoms with Gasteiger partial charge in [-0.1, -0.05) is 22.9 Å². The molecule has 0 aliphatic carbocycles. The van der Waals surface area contributed by atoms with Crippen molar-refractivity contribution < 1.29 is 8.60 Å². The van der Waals surface area contributed by atoms with Gasteiger partial charge < -0.3 is 5.32 Å². The maximum Gasteiger partial charge on any atom is 0.128 e. The Balaban J connectivity index is 2.26. The number of hydrogen-bond donors (Lipinski definition) is 1.